The Balaban J connectivity index is 1.73. The fraction of sp³-hybridized carbons (Fsp3) is 0.500. The first-order chi connectivity index (χ1) is 11.0. The highest BCUT2D eigenvalue weighted by Crippen LogP contribution is 2.26. The molecule has 1 heterocycles. The summed E-state index contributed by atoms with van der Waals surface area (Å²) in [5.41, 5.74) is 0.756. The molecule has 3 rings (SSSR count). The minimum Gasteiger partial charge on any atom is -0.351 e. The number of hydrogen-bond donors (Lipinski definition) is 1. The maximum absolute atomic E-state index is 12.5. The van der Waals surface area contributed by atoms with Crippen molar-refractivity contribution in [2.24, 2.45) is 5.92 Å². The summed E-state index contributed by atoms with van der Waals surface area (Å²) in [5.74, 6) is -0.588. The minimum atomic E-state index is -0.795. The maximum atomic E-state index is 12.5. The van der Waals surface area contributed by atoms with Crippen molar-refractivity contribution in [2.45, 2.75) is 51.6 Å². The van der Waals surface area contributed by atoms with Crippen LogP contribution in [0.4, 0.5) is 0 Å². The molecule has 23 heavy (non-hydrogen) atoms. The Morgan fingerprint density at radius 3 is 2.26 bits per heavy atom. The molecule has 3 amide bonds. The summed E-state index contributed by atoms with van der Waals surface area (Å²) in [6.07, 6.45) is 4.37. The van der Waals surface area contributed by atoms with Gasteiger partial charge in [0.15, 0.2) is 0 Å². The predicted molar refractivity (Wildman–Crippen MR) is 86.0 cm³/mol. The summed E-state index contributed by atoms with van der Waals surface area (Å²) in [5, 5.41) is 3.03. The van der Waals surface area contributed by atoms with Gasteiger partial charge in [-0.2, -0.15) is 0 Å². The van der Waals surface area contributed by atoms with Crippen LogP contribution in [0.15, 0.2) is 24.3 Å². The number of amides is 3. The number of benzene rings is 1. The molecule has 0 unspecified atom stereocenters. The number of hydrogen-bond acceptors (Lipinski definition) is 3. The quantitative estimate of drug-likeness (QED) is 0.871. The van der Waals surface area contributed by atoms with E-state index in [1.165, 1.54) is 6.42 Å². The molecule has 1 aliphatic heterocycles. The lowest BCUT2D eigenvalue weighted by Gasteiger charge is -2.31. The molecule has 1 aromatic rings. The van der Waals surface area contributed by atoms with Crippen LogP contribution >= 0.6 is 0 Å². The highest BCUT2D eigenvalue weighted by molar-refractivity contribution is 6.22. The first kappa shape index (κ1) is 15.7. The Morgan fingerprint density at radius 1 is 1.13 bits per heavy atom. The SMILES string of the molecule is C[C@@H]1CCCC[C@H]1NC(=O)[C@@H](C)N1C(=O)c2ccccc2C1=O. The molecule has 0 bridgehead atoms. The molecule has 1 fully saturated rings. The molecule has 0 spiro atoms. The highest BCUT2D eigenvalue weighted by atomic mass is 16.2. The molecule has 5 heteroatoms. The molecule has 0 radical (unpaired) electrons. The lowest BCUT2D eigenvalue weighted by Crippen LogP contribution is -2.52. The van der Waals surface area contributed by atoms with Gasteiger partial charge in [0.25, 0.3) is 11.8 Å². The highest BCUT2D eigenvalue weighted by Gasteiger charge is 2.41. The number of carbonyl (C=O) groups is 3. The van der Waals surface area contributed by atoms with Crippen molar-refractivity contribution in [3.63, 3.8) is 0 Å². The van der Waals surface area contributed by atoms with Crippen molar-refractivity contribution in [3.05, 3.63) is 35.4 Å². The standard InChI is InChI=1S/C18H22N2O3/c1-11-7-3-6-10-15(11)19-16(21)12(2)20-17(22)13-8-4-5-9-14(13)18(20)23/h4-5,8-9,11-12,15H,3,6-7,10H2,1-2H3,(H,19,21)/t11-,12-,15-/m1/s1. The summed E-state index contributed by atoms with van der Waals surface area (Å²) >= 11 is 0. The first-order valence-corrected chi connectivity index (χ1v) is 8.28. The van der Waals surface area contributed by atoms with Crippen molar-refractivity contribution < 1.29 is 14.4 Å². The second-order valence-electron chi connectivity index (χ2n) is 6.58. The smallest absolute Gasteiger partial charge is 0.262 e. The lowest BCUT2D eigenvalue weighted by atomic mass is 9.86. The van der Waals surface area contributed by atoms with E-state index in [9.17, 15) is 14.4 Å². The van der Waals surface area contributed by atoms with Crippen LogP contribution in [0.1, 0.15) is 60.2 Å². The summed E-state index contributed by atoms with van der Waals surface area (Å²) in [6.45, 7) is 3.75. The molecule has 1 aromatic carbocycles. The number of imide groups is 1. The van der Waals surface area contributed by atoms with E-state index >= 15 is 0 Å². The topological polar surface area (TPSA) is 66.5 Å². The average molecular weight is 314 g/mol. The van der Waals surface area contributed by atoms with Gasteiger partial charge in [-0.25, -0.2) is 0 Å². The number of nitrogens with one attached hydrogen (secondary N) is 1. The van der Waals surface area contributed by atoms with E-state index in [4.69, 9.17) is 0 Å². The van der Waals surface area contributed by atoms with Gasteiger partial charge in [-0.05, 0) is 37.8 Å². The Morgan fingerprint density at radius 2 is 1.70 bits per heavy atom. The molecule has 0 saturated heterocycles. The predicted octanol–water partition coefficient (Wildman–Crippen LogP) is 2.37. The van der Waals surface area contributed by atoms with Gasteiger partial charge < -0.3 is 5.32 Å². The first-order valence-electron chi connectivity index (χ1n) is 8.28. The fourth-order valence-corrected chi connectivity index (χ4v) is 3.51. The molecule has 1 N–H and O–H groups in total. The molecule has 2 aliphatic rings. The second kappa shape index (κ2) is 6.14. The summed E-state index contributed by atoms with van der Waals surface area (Å²) in [7, 11) is 0. The summed E-state index contributed by atoms with van der Waals surface area (Å²) in [4.78, 5) is 38.5. The van der Waals surface area contributed by atoms with Crippen LogP contribution in [-0.4, -0.2) is 34.7 Å². The summed E-state index contributed by atoms with van der Waals surface area (Å²) < 4.78 is 0. The lowest BCUT2D eigenvalue weighted by molar-refractivity contribution is -0.125. The third kappa shape index (κ3) is 2.76. The fourth-order valence-electron chi connectivity index (χ4n) is 3.51. The zero-order chi connectivity index (χ0) is 16.6. The zero-order valence-corrected chi connectivity index (χ0v) is 13.5. The molecular weight excluding hydrogens is 292 g/mol. The zero-order valence-electron chi connectivity index (χ0n) is 13.5. The van der Waals surface area contributed by atoms with Gasteiger partial charge in [0.1, 0.15) is 6.04 Å². The molecule has 122 valence electrons. The van der Waals surface area contributed by atoms with Gasteiger partial charge >= 0.3 is 0 Å². The largest absolute Gasteiger partial charge is 0.351 e. The number of carbonyl (C=O) groups excluding carboxylic acids is 3. The molecule has 0 aromatic heterocycles. The minimum absolute atomic E-state index is 0.133. The van der Waals surface area contributed by atoms with Crippen molar-refractivity contribution >= 4 is 17.7 Å². The monoisotopic (exact) mass is 314 g/mol. The molecule has 1 saturated carbocycles. The Bertz CT molecular complexity index is 620. The van der Waals surface area contributed by atoms with E-state index in [2.05, 4.69) is 12.2 Å². The average Bonchev–Trinajstić information content (AvgIpc) is 2.81. The van der Waals surface area contributed by atoms with Gasteiger partial charge in [-0.3, -0.25) is 19.3 Å². The van der Waals surface area contributed by atoms with E-state index in [0.29, 0.717) is 17.0 Å². The molecule has 1 aliphatic carbocycles. The van der Waals surface area contributed by atoms with Crippen LogP contribution in [0, 0.1) is 5.92 Å². The molecule has 3 atom stereocenters. The van der Waals surface area contributed by atoms with E-state index in [1.807, 2.05) is 0 Å². The van der Waals surface area contributed by atoms with Gasteiger partial charge in [0, 0.05) is 6.04 Å². The second-order valence-corrected chi connectivity index (χ2v) is 6.58. The van der Waals surface area contributed by atoms with Gasteiger partial charge in [-0.15, -0.1) is 0 Å². The Hall–Kier alpha value is -2.17. The van der Waals surface area contributed by atoms with Gasteiger partial charge in [0.2, 0.25) is 5.91 Å². The summed E-state index contributed by atoms with van der Waals surface area (Å²) in [6, 6.07) is 6.04. The van der Waals surface area contributed by atoms with E-state index < -0.39 is 6.04 Å². The number of nitrogens with zero attached hydrogens (tertiary/aromatic N) is 1. The Kier molecular flexibility index (Phi) is 4.20. The van der Waals surface area contributed by atoms with E-state index in [1.54, 1.807) is 31.2 Å². The number of rotatable bonds is 3. The molecular formula is C18H22N2O3. The van der Waals surface area contributed by atoms with Crippen molar-refractivity contribution in [3.8, 4) is 0 Å². The van der Waals surface area contributed by atoms with Crippen LogP contribution in [0.5, 0.6) is 0 Å². The normalized spacial score (nSPS) is 25.2. The molecule has 5 nitrogen and oxygen atoms in total. The third-order valence-electron chi connectivity index (χ3n) is 5.03. The van der Waals surface area contributed by atoms with Crippen molar-refractivity contribution in [2.75, 3.05) is 0 Å². The maximum Gasteiger partial charge on any atom is 0.262 e. The van der Waals surface area contributed by atoms with Crippen LogP contribution < -0.4 is 5.32 Å². The van der Waals surface area contributed by atoms with E-state index in [0.717, 1.165) is 24.2 Å². The number of fused-ring (bicyclic) bond motifs is 1. The van der Waals surface area contributed by atoms with Crippen LogP contribution in [0.25, 0.3) is 0 Å². The Labute approximate surface area is 136 Å². The third-order valence-corrected chi connectivity index (χ3v) is 5.03. The van der Waals surface area contributed by atoms with Crippen molar-refractivity contribution in [1.82, 2.24) is 10.2 Å². The van der Waals surface area contributed by atoms with E-state index in [-0.39, 0.29) is 23.8 Å². The van der Waals surface area contributed by atoms with Crippen LogP contribution in [0.2, 0.25) is 0 Å². The van der Waals surface area contributed by atoms with Gasteiger partial charge in [0.05, 0.1) is 11.1 Å². The van der Waals surface area contributed by atoms with Crippen LogP contribution in [-0.2, 0) is 4.79 Å². The van der Waals surface area contributed by atoms with Gasteiger partial charge in [-0.1, -0.05) is 31.9 Å². The van der Waals surface area contributed by atoms with Crippen LogP contribution in [0.3, 0.4) is 0 Å². The van der Waals surface area contributed by atoms with Crippen molar-refractivity contribution in [1.29, 1.82) is 0 Å².